The van der Waals surface area contributed by atoms with Crippen LogP contribution in [0.3, 0.4) is 0 Å². The number of rotatable bonds is 8. The third-order valence-electron chi connectivity index (χ3n) is 5.50. The molecule has 0 bridgehead atoms. The molecule has 1 N–H and O–H groups in total. The van der Waals surface area contributed by atoms with E-state index >= 15 is 0 Å². The van der Waals surface area contributed by atoms with Gasteiger partial charge in [-0.25, -0.2) is 0 Å². The topological polar surface area (TPSA) is 77.2 Å². The van der Waals surface area contributed by atoms with E-state index in [1.165, 1.54) is 17.5 Å². The summed E-state index contributed by atoms with van der Waals surface area (Å²) in [5, 5.41) is 7.10. The molecule has 3 aromatic rings. The van der Waals surface area contributed by atoms with Crippen molar-refractivity contribution < 1.29 is 14.1 Å². The summed E-state index contributed by atoms with van der Waals surface area (Å²) in [5.41, 5.74) is 3.64. The van der Waals surface area contributed by atoms with Crippen molar-refractivity contribution in [3.05, 3.63) is 65.5 Å². The summed E-state index contributed by atoms with van der Waals surface area (Å²) in [6.07, 6.45) is 4.19. The summed E-state index contributed by atoms with van der Waals surface area (Å²) in [7, 11) is 0. The minimum absolute atomic E-state index is 0.0128. The zero-order valence-electron chi connectivity index (χ0n) is 17.3. The number of aryl methyl sites for hydroxylation is 2. The van der Waals surface area contributed by atoms with Crippen LogP contribution in [0.25, 0.3) is 11.4 Å². The summed E-state index contributed by atoms with van der Waals surface area (Å²) in [4.78, 5) is 16.7. The largest absolute Gasteiger partial charge is 0.494 e. The lowest BCUT2D eigenvalue weighted by atomic mass is 9.83. The van der Waals surface area contributed by atoms with Crippen molar-refractivity contribution in [1.82, 2.24) is 15.5 Å². The van der Waals surface area contributed by atoms with Gasteiger partial charge < -0.3 is 14.6 Å². The smallest absolute Gasteiger partial charge is 0.227 e. The molecular formula is C24H27N3O3. The van der Waals surface area contributed by atoms with Gasteiger partial charge in [0.15, 0.2) is 0 Å². The van der Waals surface area contributed by atoms with Crippen molar-refractivity contribution in [2.24, 2.45) is 0 Å². The number of fused-ring (bicyclic) bond motifs is 1. The molecule has 0 saturated carbocycles. The summed E-state index contributed by atoms with van der Waals surface area (Å²) < 4.78 is 10.8. The maximum Gasteiger partial charge on any atom is 0.227 e. The van der Waals surface area contributed by atoms with Crippen LogP contribution in [-0.4, -0.2) is 29.2 Å². The van der Waals surface area contributed by atoms with Crippen LogP contribution in [0.2, 0.25) is 0 Å². The van der Waals surface area contributed by atoms with Gasteiger partial charge in [-0.05, 0) is 61.6 Å². The van der Waals surface area contributed by atoms with E-state index < -0.39 is 0 Å². The average Bonchev–Trinajstić information content (AvgIpc) is 3.26. The van der Waals surface area contributed by atoms with Crippen molar-refractivity contribution >= 4 is 5.91 Å². The normalized spacial score (nSPS) is 15.4. The summed E-state index contributed by atoms with van der Waals surface area (Å²) >= 11 is 0. The predicted octanol–water partition coefficient (Wildman–Crippen LogP) is 4.30. The number of aromatic nitrogens is 2. The van der Waals surface area contributed by atoms with Crippen molar-refractivity contribution in [3.63, 3.8) is 0 Å². The first-order valence-corrected chi connectivity index (χ1v) is 10.6. The Bertz CT molecular complexity index is 981. The molecule has 30 heavy (non-hydrogen) atoms. The lowest BCUT2D eigenvalue weighted by Gasteiger charge is -2.25. The van der Waals surface area contributed by atoms with E-state index in [9.17, 15) is 4.79 Å². The highest BCUT2D eigenvalue weighted by Crippen LogP contribution is 2.30. The Morgan fingerprint density at radius 1 is 1.20 bits per heavy atom. The molecule has 0 fully saturated rings. The van der Waals surface area contributed by atoms with Crippen LogP contribution in [0.1, 0.15) is 49.1 Å². The van der Waals surface area contributed by atoms with Crippen LogP contribution in [0.5, 0.6) is 5.75 Å². The highest BCUT2D eigenvalue weighted by Gasteiger charge is 2.20. The standard InChI is InChI=1S/C24H27N3O3/c1-2-29-20-12-10-18(11-13-20)24-26-23(30-27-24)15-14-22(28)25-16-19-8-5-7-17-6-3-4-9-21(17)19/h3-4,6,9-13,19H,2,5,7-8,14-16H2,1H3,(H,25,28). The van der Waals surface area contributed by atoms with Crippen molar-refractivity contribution in [1.29, 1.82) is 0 Å². The van der Waals surface area contributed by atoms with E-state index in [1.807, 2.05) is 31.2 Å². The Kier molecular flexibility index (Phi) is 6.42. The molecule has 0 aliphatic heterocycles. The van der Waals surface area contributed by atoms with Gasteiger partial charge >= 0.3 is 0 Å². The van der Waals surface area contributed by atoms with Crippen molar-refractivity contribution in [2.75, 3.05) is 13.2 Å². The van der Waals surface area contributed by atoms with E-state index in [1.54, 1.807) is 0 Å². The number of ether oxygens (including phenoxy) is 1. The molecule has 1 heterocycles. The van der Waals surface area contributed by atoms with E-state index in [-0.39, 0.29) is 5.91 Å². The van der Waals surface area contributed by atoms with Gasteiger partial charge in [-0.3, -0.25) is 4.79 Å². The second kappa shape index (κ2) is 9.57. The van der Waals surface area contributed by atoms with Gasteiger partial charge in [0.25, 0.3) is 0 Å². The number of hydrogen-bond donors (Lipinski definition) is 1. The van der Waals surface area contributed by atoms with Crippen LogP contribution >= 0.6 is 0 Å². The Balaban J connectivity index is 1.27. The van der Waals surface area contributed by atoms with Gasteiger partial charge in [0.05, 0.1) is 6.61 Å². The summed E-state index contributed by atoms with van der Waals surface area (Å²) in [5.74, 6) is 2.21. The predicted molar refractivity (Wildman–Crippen MR) is 114 cm³/mol. The summed E-state index contributed by atoms with van der Waals surface area (Å²) in [6, 6.07) is 16.1. The highest BCUT2D eigenvalue weighted by molar-refractivity contribution is 5.76. The molecule has 4 rings (SSSR count). The van der Waals surface area contributed by atoms with E-state index in [2.05, 4.69) is 39.7 Å². The fraction of sp³-hybridized carbons (Fsp3) is 0.375. The SMILES string of the molecule is CCOc1ccc(-c2noc(CCC(=O)NCC3CCCc4ccccc43)n2)cc1. The minimum atomic E-state index is 0.0128. The molecule has 1 aromatic heterocycles. The zero-order valence-corrected chi connectivity index (χ0v) is 17.3. The molecule has 0 spiro atoms. The fourth-order valence-corrected chi connectivity index (χ4v) is 3.95. The molecule has 0 saturated heterocycles. The van der Waals surface area contributed by atoms with Crippen molar-refractivity contribution in [3.8, 4) is 17.1 Å². The molecule has 6 nitrogen and oxygen atoms in total. The van der Waals surface area contributed by atoms with E-state index in [0.29, 0.717) is 43.6 Å². The lowest BCUT2D eigenvalue weighted by Crippen LogP contribution is -2.30. The quantitative estimate of drug-likeness (QED) is 0.604. The molecule has 0 radical (unpaired) electrons. The number of carbonyl (C=O) groups excluding carboxylic acids is 1. The van der Waals surface area contributed by atoms with Crippen LogP contribution in [0, 0.1) is 0 Å². The van der Waals surface area contributed by atoms with Crippen LogP contribution in [0.4, 0.5) is 0 Å². The molecule has 1 atom stereocenters. The Hall–Kier alpha value is -3.15. The molecule has 156 valence electrons. The number of amides is 1. The van der Waals surface area contributed by atoms with Crippen molar-refractivity contribution in [2.45, 2.75) is 44.9 Å². The number of hydrogen-bond acceptors (Lipinski definition) is 5. The fourth-order valence-electron chi connectivity index (χ4n) is 3.95. The third-order valence-corrected chi connectivity index (χ3v) is 5.50. The molecule has 1 unspecified atom stereocenters. The number of nitrogens with one attached hydrogen (secondary N) is 1. The maximum atomic E-state index is 12.3. The minimum Gasteiger partial charge on any atom is -0.494 e. The number of nitrogens with zero attached hydrogens (tertiary/aromatic N) is 2. The van der Waals surface area contributed by atoms with Crippen LogP contribution in [0.15, 0.2) is 53.1 Å². The molecule has 2 aromatic carbocycles. The first kappa shape index (κ1) is 20.1. The van der Waals surface area contributed by atoms with Gasteiger partial charge in [-0.15, -0.1) is 0 Å². The van der Waals surface area contributed by atoms with Crippen LogP contribution in [-0.2, 0) is 17.6 Å². The number of benzene rings is 2. The van der Waals surface area contributed by atoms with Gasteiger partial charge in [0.2, 0.25) is 17.6 Å². The Morgan fingerprint density at radius 2 is 2.03 bits per heavy atom. The molecule has 6 heteroatoms. The molecular weight excluding hydrogens is 378 g/mol. The highest BCUT2D eigenvalue weighted by atomic mass is 16.5. The van der Waals surface area contributed by atoms with Gasteiger partial charge in [0.1, 0.15) is 5.75 Å². The molecule has 1 amide bonds. The maximum absolute atomic E-state index is 12.3. The first-order valence-electron chi connectivity index (χ1n) is 10.6. The Morgan fingerprint density at radius 3 is 2.87 bits per heavy atom. The Labute approximate surface area is 176 Å². The van der Waals surface area contributed by atoms with Gasteiger partial charge in [0, 0.05) is 30.9 Å². The zero-order chi connectivity index (χ0) is 20.8. The van der Waals surface area contributed by atoms with E-state index in [4.69, 9.17) is 9.26 Å². The third kappa shape index (κ3) is 4.87. The second-order valence-electron chi connectivity index (χ2n) is 7.56. The monoisotopic (exact) mass is 405 g/mol. The first-order chi connectivity index (χ1) is 14.7. The van der Waals surface area contributed by atoms with Gasteiger partial charge in [-0.1, -0.05) is 29.4 Å². The lowest BCUT2D eigenvalue weighted by molar-refractivity contribution is -0.121. The average molecular weight is 405 g/mol. The second-order valence-corrected chi connectivity index (χ2v) is 7.56. The van der Waals surface area contributed by atoms with Gasteiger partial charge in [-0.2, -0.15) is 4.98 Å². The molecule has 1 aliphatic carbocycles. The van der Waals surface area contributed by atoms with Crippen LogP contribution < -0.4 is 10.1 Å². The van der Waals surface area contributed by atoms with E-state index in [0.717, 1.165) is 24.2 Å². The molecule has 1 aliphatic rings. The number of carbonyl (C=O) groups is 1. The summed E-state index contributed by atoms with van der Waals surface area (Å²) in [6.45, 7) is 3.25.